The molecule has 1 aliphatic rings. The number of hydrogen-bond acceptors (Lipinski definition) is 3. The third-order valence-corrected chi connectivity index (χ3v) is 5.62. The van der Waals surface area contributed by atoms with E-state index in [1.165, 1.54) is 53.7 Å². The summed E-state index contributed by atoms with van der Waals surface area (Å²) in [6, 6.07) is 6.76. The molecule has 3 rings (SSSR count). The van der Waals surface area contributed by atoms with E-state index in [2.05, 4.69) is 48.9 Å². The summed E-state index contributed by atoms with van der Waals surface area (Å²) in [4.78, 5) is 7.08. The minimum Gasteiger partial charge on any atom is -0.496 e. The number of rotatable bonds is 6. The Balaban J connectivity index is 1.84. The minimum atomic E-state index is 0.868. The van der Waals surface area contributed by atoms with Gasteiger partial charge in [-0.3, -0.25) is 9.88 Å². The van der Waals surface area contributed by atoms with Crippen molar-refractivity contribution >= 4 is 0 Å². The van der Waals surface area contributed by atoms with Gasteiger partial charge in [-0.15, -0.1) is 0 Å². The smallest absolute Gasteiger partial charge is 0.122 e. The van der Waals surface area contributed by atoms with E-state index >= 15 is 0 Å². The second-order valence-electron chi connectivity index (χ2n) is 7.75. The van der Waals surface area contributed by atoms with Crippen molar-refractivity contribution in [2.24, 2.45) is 5.92 Å². The molecule has 0 aliphatic carbocycles. The molecule has 1 aromatic carbocycles. The summed E-state index contributed by atoms with van der Waals surface area (Å²) in [6.45, 7) is 10.1. The highest BCUT2D eigenvalue weighted by Gasteiger charge is 2.16. The molecular weight excluding hydrogens is 320 g/mol. The standard InChI is InChI=1S/C23H32N2O/c1-5-6-20-12-21(13-23(26-4)18(20)3)22-11-19(14-24-15-22)16-25-9-7-17(2)8-10-25/h11-15,17H,5-10,16H2,1-4H3. The summed E-state index contributed by atoms with van der Waals surface area (Å²) >= 11 is 0. The third-order valence-electron chi connectivity index (χ3n) is 5.62. The van der Waals surface area contributed by atoms with Gasteiger partial charge in [0.15, 0.2) is 0 Å². The fraction of sp³-hybridized carbons (Fsp3) is 0.522. The molecule has 2 heterocycles. The first kappa shape index (κ1) is 18.9. The van der Waals surface area contributed by atoms with E-state index in [-0.39, 0.29) is 0 Å². The van der Waals surface area contributed by atoms with Crippen molar-refractivity contribution in [1.82, 2.24) is 9.88 Å². The van der Waals surface area contributed by atoms with Crippen molar-refractivity contribution in [2.45, 2.75) is 53.0 Å². The lowest BCUT2D eigenvalue weighted by Crippen LogP contribution is -2.32. The zero-order valence-corrected chi connectivity index (χ0v) is 16.7. The molecule has 0 bridgehead atoms. The van der Waals surface area contributed by atoms with Gasteiger partial charge in [-0.2, -0.15) is 0 Å². The summed E-state index contributed by atoms with van der Waals surface area (Å²) < 4.78 is 5.63. The van der Waals surface area contributed by atoms with Crippen molar-refractivity contribution in [1.29, 1.82) is 0 Å². The molecule has 0 radical (unpaired) electrons. The van der Waals surface area contributed by atoms with Crippen LogP contribution in [-0.4, -0.2) is 30.1 Å². The van der Waals surface area contributed by atoms with Crippen molar-refractivity contribution in [2.75, 3.05) is 20.2 Å². The molecule has 0 atom stereocenters. The van der Waals surface area contributed by atoms with E-state index < -0.39 is 0 Å². The maximum atomic E-state index is 5.63. The molecule has 1 aliphatic heterocycles. The molecule has 0 spiro atoms. The second-order valence-corrected chi connectivity index (χ2v) is 7.75. The van der Waals surface area contributed by atoms with Gasteiger partial charge in [-0.05, 0) is 79.6 Å². The predicted molar refractivity (Wildman–Crippen MR) is 109 cm³/mol. The number of likely N-dealkylation sites (tertiary alicyclic amines) is 1. The second kappa shape index (κ2) is 8.68. The minimum absolute atomic E-state index is 0.868. The van der Waals surface area contributed by atoms with Crippen LogP contribution in [0, 0.1) is 12.8 Å². The highest BCUT2D eigenvalue weighted by molar-refractivity contribution is 5.67. The third kappa shape index (κ3) is 4.45. The Bertz CT molecular complexity index is 733. The molecule has 26 heavy (non-hydrogen) atoms. The largest absolute Gasteiger partial charge is 0.496 e. The summed E-state index contributed by atoms with van der Waals surface area (Å²) in [7, 11) is 1.76. The lowest BCUT2D eigenvalue weighted by atomic mass is 9.96. The number of hydrogen-bond donors (Lipinski definition) is 0. The van der Waals surface area contributed by atoms with E-state index in [1.54, 1.807) is 7.11 Å². The van der Waals surface area contributed by atoms with Crippen molar-refractivity contribution in [3.8, 4) is 16.9 Å². The Kier molecular flexibility index (Phi) is 6.31. The van der Waals surface area contributed by atoms with Gasteiger partial charge >= 0.3 is 0 Å². The highest BCUT2D eigenvalue weighted by Crippen LogP contribution is 2.31. The van der Waals surface area contributed by atoms with Crippen molar-refractivity contribution in [3.63, 3.8) is 0 Å². The van der Waals surface area contributed by atoms with Gasteiger partial charge in [0.05, 0.1) is 7.11 Å². The normalized spacial score (nSPS) is 16.0. The quantitative estimate of drug-likeness (QED) is 0.710. The Labute approximate surface area is 158 Å². The Morgan fingerprint density at radius 2 is 1.88 bits per heavy atom. The number of piperidine rings is 1. The van der Waals surface area contributed by atoms with Gasteiger partial charge in [0.1, 0.15) is 5.75 Å². The predicted octanol–water partition coefficient (Wildman–Crippen LogP) is 5.25. The molecule has 2 aromatic rings. The molecule has 1 fully saturated rings. The summed E-state index contributed by atoms with van der Waals surface area (Å²) in [5.41, 5.74) is 6.32. The van der Waals surface area contributed by atoms with Crippen LogP contribution < -0.4 is 4.74 Å². The number of benzene rings is 1. The van der Waals surface area contributed by atoms with E-state index in [1.807, 2.05) is 12.4 Å². The highest BCUT2D eigenvalue weighted by atomic mass is 16.5. The van der Waals surface area contributed by atoms with Crippen LogP contribution in [0.2, 0.25) is 0 Å². The average Bonchev–Trinajstić information content (AvgIpc) is 2.66. The first-order valence-electron chi connectivity index (χ1n) is 9.94. The lowest BCUT2D eigenvalue weighted by molar-refractivity contribution is 0.185. The summed E-state index contributed by atoms with van der Waals surface area (Å²) in [5, 5.41) is 0. The maximum Gasteiger partial charge on any atom is 0.122 e. The van der Waals surface area contributed by atoms with Gasteiger partial charge in [0.25, 0.3) is 0 Å². The van der Waals surface area contributed by atoms with Crippen LogP contribution in [0.15, 0.2) is 30.6 Å². The van der Waals surface area contributed by atoms with E-state index in [9.17, 15) is 0 Å². The number of pyridine rings is 1. The Morgan fingerprint density at radius 3 is 2.58 bits per heavy atom. The van der Waals surface area contributed by atoms with Crippen LogP contribution in [0.5, 0.6) is 5.75 Å². The molecule has 3 heteroatoms. The number of aromatic nitrogens is 1. The Hall–Kier alpha value is -1.87. The lowest BCUT2D eigenvalue weighted by Gasteiger charge is -2.30. The number of ether oxygens (including phenoxy) is 1. The molecule has 1 aromatic heterocycles. The molecule has 3 nitrogen and oxygen atoms in total. The van der Waals surface area contributed by atoms with Gasteiger partial charge in [0.2, 0.25) is 0 Å². The molecule has 0 N–H and O–H groups in total. The van der Waals surface area contributed by atoms with Crippen LogP contribution in [0.4, 0.5) is 0 Å². The zero-order chi connectivity index (χ0) is 18.5. The van der Waals surface area contributed by atoms with Crippen LogP contribution in [0.1, 0.15) is 49.8 Å². The van der Waals surface area contributed by atoms with Crippen molar-refractivity contribution in [3.05, 3.63) is 47.3 Å². The summed E-state index contributed by atoms with van der Waals surface area (Å²) in [5.74, 6) is 1.84. The average molecular weight is 353 g/mol. The maximum absolute atomic E-state index is 5.63. The monoisotopic (exact) mass is 352 g/mol. The first-order valence-corrected chi connectivity index (χ1v) is 9.94. The first-order chi connectivity index (χ1) is 12.6. The summed E-state index contributed by atoms with van der Waals surface area (Å²) in [6.07, 6.45) is 8.82. The number of methoxy groups -OCH3 is 1. The fourth-order valence-electron chi connectivity index (χ4n) is 3.86. The fourth-order valence-corrected chi connectivity index (χ4v) is 3.86. The number of aryl methyl sites for hydroxylation is 1. The SMILES string of the molecule is CCCc1cc(-c2cncc(CN3CCC(C)CC3)c2)cc(OC)c1C. The van der Waals surface area contributed by atoms with Crippen molar-refractivity contribution < 1.29 is 4.74 Å². The van der Waals surface area contributed by atoms with Crippen LogP contribution in [0.3, 0.4) is 0 Å². The van der Waals surface area contributed by atoms with Gasteiger partial charge in [0, 0.05) is 24.5 Å². The van der Waals surface area contributed by atoms with Crippen LogP contribution in [-0.2, 0) is 13.0 Å². The molecule has 0 saturated carbocycles. The topological polar surface area (TPSA) is 25.4 Å². The molecule has 140 valence electrons. The van der Waals surface area contributed by atoms with Crippen LogP contribution >= 0.6 is 0 Å². The Morgan fingerprint density at radius 1 is 1.12 bits per heavy atom. The van der Waals surface area contributed by atoms with Gasteiger partial charge in [-0.25, -0.2) is 0 Å². The van der Waals surface area contributed by atoms with Crippen LogP contribution in [0.25, 0.3) is 11.1 Å². The zero-order valence-electron chi connectivity index (χ0n) is 16.7. The van der Waals surface area contributed by atoms with E-state index in [4.69, 9.17) is 4.74 Å². The number of nitrogens with zero attached hydrogens (tertiary/aromatic N) is 2. The van der Waals surface area contributed by atoms with Gasteiger partial charge in [-0.1, -0.05) is 26.3 Å². The van der Waals surface area contributed by atoms with Gasteiger partial charge < -0.3 is 4.74 Å². The molecular formula is C23H32N2O. The molecule has 0 unspecified atom stereocenters. The van der Waals surface area contributed by atoms with E-state index in [0.717, 1.165) is 31.1 Å². The van der Waals surface area contributed by atoms with E-state index in [0.29, 0.717) is 0 Å². The molecule has 1 saturated heterocycles. The molecule has 0 amide bonds.